The van der Waals surface area contributed by atoms with Gasteiger partial charge < -0.3 is 19.9 Å². The van der Waals surface area contributed by atoms with Gasteiger partial charge in [-0.15, -0.1) is 0 Å². The molecule has 0 unspecified atom stereocenters. The molecule has 1 aliphatic carbocycles. The van der Waals surface area contributed by atoms with E-state index in [1.54, 1.807) is 6.20 Å². The highest BCUT2D eigenvalue weighted by Crippen LogP contribution is 2.32. The van der Waals surface area contributed by atoms with E-state index in [1.165, 1.54) is 0 Å². The second kappa shape index (κ2) is 7.00. The van der Waals surface area contributed by atoms with Gasteiger partial charge in [-0.3, -0.25) is 9.59 Å². The van der Waals surface area contributed by atoms with Crippen LogP contribution < -0.4 is 10.2 Å². The molecule has 3 aliphatic rings. The molecule has 1 atom stereocenters. The normalized spacial score (nSPS) is 23.8. The number of hydrogen-bond donors (Lipinski definition) is 1. The van der Waals surface area contributed by atoms with Crippen molar-refractivity contribution in [2.75, 3.05) is 37.7 Å². The summed E-state index contributed by atoms with van der Waals surface area (Å²) < 4.78 is 5.35. The Kier molecular flexibility index (Phi) is 4.57. The number of ether oxygens (including phenoxy) is 1. The zero-order valence-corrected chi connectivity index (χ0v) is 14.3. The van der Waals surface area contributed by atoms with Crippen molar-refractivity contribution in [2.45, 2.75) is 31.8 Å². The Morgan fingerprint density at radius 2 is 2.08 bits per heavy atom. The molecule has 0 bridgehead atoms. The van der Waals surface area contributed by atoms with Crippen molar-refractivity contribution in [3.63, 3.8) is 0 Å². The second-order valence-corrected chi connectivity index (χ2v) is 7.02. The molecule has 1 aromatic rings. The monoisotopic (exact) mass is 344 g/mol. The number of aromatic nitrogens is 1. The van der Waals surface area contributed by atoms with Crippen molar-refractivity contribution in [2.24, 2.45) is 5.92 Å². The fourth-order valence-electron chi connectivity index (χ4n) is 3.48. The molecular weight excluding hydrogens is 320 g/mol. The number of nitrogens with zero attached hydrogens (tertiary/aromatic N) is 3. The van der Waals surface area contributed by atoms with Gasteiger partial charge in [-0.25, -0.2) is 4.98 Å². The maximum absolute atomic E-state index is 12.3. The van der Waals surface area contributed by atoms with E-state index in [-0.39, 0.29) is 17.7 Å². The first-order valence-corrected chi connectivity index (χ1v) is 9.05. The van der Waals surface area contributed by atoms with Crippen LogP contribution in [0.25, 0.3) is 0 Å². The van der Waals surface area contributed by atoms with Gasteiger partial charge in [-0.2, -0.15) is 0 Å². The second-order valence-electron chi connectivity index (χ2n) is 7.02. The predicted octanol–water partition coefficient (Wildman–Crippen LogP) is 0.545. The molecule has 2 aliphatic heterocycles. The van der Waals surface area contributed by atoms with Gasteiger partial charge in [0.25, 0.3) is 0 Å². The van der Waals surface area contributed by atoms with Crippen molar-refractivity contribution >= 4 is 17.6 Å². The summed E-state index contributed by atoms with van der Waals surface area (Å²) in [6.07, 6.45) is 4.32. The lowest BCUT2D eigenvalue weighted by atomic mass is 10.1. The maximum atomic E-state index is 12.3. The standard InChI is InChI=1S/C18H24N4O3/c23-17-9-14(12-22(17)15-2-3-15)18(24)20-11-13-1-4-16(19-10-13)21-5-7-25-8-6-21/h1,4,10,14-15H,2-3,5-9,11-12H2,(H,20,24)/t14-/m0/s1. The summed E-state index contributed by atoms with van der Waals surface area (Å²) in [5.41, 5.74) is 0.966. The Labute approximate surface area is 147 Å². The van der Waals surface area contributed by atoms with Crippen LogP contribution in [-0.2, 0) is 20.9 Å². The molecule has 1 aromatic heterocycles. The van der Waals surface area contributed by atoms with Crippen LogP contribution in [0.1, 0.15) is 24.8 Å². The summed E-state index contributed by atoms with van der Waals surface area (Å²) in [7, 11) is 0. The summed E-state index contributed by atoms with van der Waals surface area (Å²) in [5.74, 6) is 0.821. The van der Waals surface area contributed by atoms with Crippen molar-refractivity contribution in [3.05, 3.63) is 23.9 Å². The molecule has 0 radical (unpaired) electrons. The zero-order chi connectivity index (χ0) is 17.2. The van der Waals surface area contributed by atoms with E-state index in [9.17, 15) is 9.59 Å². The number of hydrogen-bond acceptors (Lipinski definition) is 5. The minimum Gasteiger partial charge on any atom is -0.378 e. The molecular formula is C18H24N4O3. The third-order valence-corrected chi connectivity index (χ3v) is 5.13. The number of rotatable bonds is 5. The molecule has 25 heavy (non-hydrogen) atoms. The number of morpholine rings is 1. The number of anilines is 1. The number of nitrogens with one attached hydrogen (secondary N) is 1. The topological polar surface area (TPSA) is 74.8 Å². The Hall–Kier alpha value is -2.15. The van der Waals surface area contributed by atoms with Crippen LogP contribution in [0.3, 0.4) is 0 Å². The van der Waals surface area contributed by atoms with Crippen LogP contribution in [0.15, 0.2) is 18.3 Å². The highest BCUT2D eigenvalue weighted by atomic mass is 16.5. The summed E-state index contributed by atoms with van der Waals surface area (Å²) in [6.45, 7) is 4.20. The van der Waals surface area contributed by atoms with Crippen molar-refractivity contribution in [3.8, 4) is 0 Å². The molecule has 3 heterocycles. The lowest BCUT2D eigenvalue weighted by Crippen LogP contribution is -2.36. The summed E-state index contributed by atoms with van der Waals surface area (Å²) in [5, 5.41) is 2.95. The summed E-state index contributed by atoms with van der Waals surface area (Å²) >= 11 is 0. The maximum Gasteiger partial charge on any atom is 0.225 e. The van der Waals surface area contributed by atoms with Crippen LogP contribution in [0.4, 0.5) is 5.82 Å². The van der Waals surface area contributed by atoms with Gasteiger partial charge in [0.2, 0.25) is 11.8 Å². The Morgan fingerprint density at radius 3 is 2.76 bits per heavy atom. The number of carbonyl (C=O) groups excluding carboxylic acids is 2. The molecule has 134 valence electrons. The van der Waals surface area contributed by atoms with E-state index in [4.69, 9.17) is 4.74 Å². The van der Waals surface area contributed by atoms with Gasteiger partial charge in [0.05, 0.1) is 19.1 Å². The molecule has 0 aromatic carbocycles. The summed E-state index contributed by atoms with van der Waals surface area (Å²) in [4.78, 5) is 32.9. The van der Waals surface area contributed by atoms with E-state index in [0.717, 1.165) is 50.5 Å². The van der Waals surface area contributed by atoms with Crippen molar-refractivity contribution < 1.29 is 14.3 Å². The molecule has 3 fully saturated rings. The highest BCUT2D eigenvalue weighted by molar-refractivity contribution is 5.89. The fraction of sp³-hybridized carbons (Fsp3) is 0.611. The lowest BCUT2D eigenvalue weighted by Gasteiger charge is -2.27. The molecule has 1 saturated carbocycles. The van der Waals surface area contributed by atoms with Gasteiger partial charge in [0.1, 0.15) is 5.82 Å². The molecule has 0 spiro atoms. The average molecular weight is 344 g/mol. The van der Waals surface area contributed by atoms with Crippen molar-refractivity contribution in [1.29, 1.82) is 0 Å². The summed E-state index contributed by atoms with van der Waals surface area (Å²) in [6, 6.07) is 4.37. The van der Waals surface area contributed by atoms with Crippen LogP contribution >= 0.6 is 0 Å². The number of pyridine rings is 1. The first-order chi connectivity index (χ1) is 12.2. The van der Waals surface area contributed by atoms with Crippen LogP contribution in [0.2, 0.25) is 0 Å². The predicted molar refractivity (Wildman–Crippen MR) is 92.0 cm³/mol. The van der Waals surface area contributed by atoms with Gasteiger partial charge in [0, 0.05) is 44.8 Å². The Bertz CT molecular complexity index is 638. The molecule has 4 rings (SSSR count). The molecule has 7 nitrogen and oxygen atoms in total. The molecule has 7 heteroatoms. The van der Waals surface area contributed by atoms with Crippen LogP contribution in [-0.4, -0.2) is 60.6 Å². The number of likely N-dealkylation sites (tertiary alicyclic amines) is 1. The number of amides is 2. The first kappa shape index (κ1) is 16.3. The van der Waals surface area contributed by atoms with Gasteiger partial charge in [-0.1, -0.05) is 6.07 Å². The largest absolute Gasteiger partial charge is 0.378 e. The van der Waals surface area contributed by atoms with E-state index in [0.29, 0.717) is 25.6 Å². The quantitative estimate of drug-likeness (QED) is 0.844. The van der Waals surface area contributed by atoms with Crippen LogP contribution in [0.5, 0.6) is 0 Å². The Morgan fingerprint density at radius 1 is 1.28 bits per heavy atom. The van der Waals surface area contributed by atoms with E-state index < -0.39 is 0 Å². The van der Waals surface area contributed by atoms with E-state index >= 15 is 0 Å². The number of carbonyl (C=O) groups is 2. The molecule has 2 saturated heterocycles. The third-order valence-electron chi connectivity index (χ3n) is 5.13. The van der Waals surface area contributed by atoms with E-state index in [2.05, 4.69) is 15.2 Å². The van der Waals surface area contributed by atoms with Crippen molar-refractivity contribution in [1.82, 2.24) is 15.2 Å². The van der Waals surface area contributed by atoms with Gasteiger partial charge in [0.15, 0.2) is 0 Å². The minimum atomic E-state index is -0.214. The van der Waals surface area contributed by atoms with Gasteiger partial charge in [-0.05, 0) is 24.5 Å². The highest BCUT2D eigenvalue weighted by Gasteiger charge is 2.41. The van der Waals surface area contributed by atoms with Gasteiger partial charge >= 0.3 is 0 Å². The van der Waals surface area contributed by atoms with E-state index in [1.807, 2.05) is 17.0 Å². The molecule has 1 N–H and O–H groups in total. The Balaban J connectivity index is 1.27. The molecule has 2 amide bonds. The smallest absolute Gasteiger partial charge is 0.225 e. The minimum absolute atomic E-state index is 0.0336. The lowest BCUT2D eigenvalue weighted by molar-refractivity contribution is -0.129. The average Bonchev–Trinajstić information content (AvgIpc) is 3.42. The zero-order valence-electron chi connectivity index (χ0n) is 14.3. The first-order valence-electron chi connectivity index (χ1n) is 9.05. The SMILES string of the molecule is O=C(NCc1ccc(N2CCOCC2)nc1)[C@H]1CC(=O)N(C2CC2)C1. The van der Waals surface area contributed by atoms with Crippen LogP contribution in [0, 0.1) is 5.92 Å². The fourth-order valence-corrected chi connectivity index (χ4v) is 3.48. The third kappa shape index (κ3) is 3.76.